The molecule has 0 atom stereocenters. The van der Waals surface area contributed by atoms with Crippen molar-refractivity contribution in [2.75, 3.05) is 0 Å². The summed E-state index contributed by atoms with van der Waals surface area (Å²) in [5, 5.41) is 0.645. The maximum atomic E-state index is 5.77. The van der Waals surface area contributed by atoms with Crippen LogP contribution in [0.2, 0.25) is 0 Å². The van der Waals surface area contributed by atoms with Crippen molar-refractivity contribution in [1.29, 1.82) is 0 Å². The molecule has 1 nitrogen and oxygen atoms in total. The van der Waals surface area contributed by atoms with Gasteiger partial charge in [0.2, 0.25) is 0 Å². The first-order valence-corrected chi connectivity index (χ1v) is 4.52. The average molecular weight is 204 g/mol. The molecule has 0 saturated carbocycles. The van der Waals surface area contributed by atoms with Gasteiger partial charge in [0, 0.05) is 23.0 Å². The minimum absolute atomic E-state index is 0.645. The van der Waals surface area contributed by atoms with Crippen molar-refractivity contribution in [2.24, 2.45) is 0 Å². The topological polar surface area (TPSA) is 4.93 Å². The van der Waals surface area contributed by atoms with Gasteiger partial charge >= 0.3 is 0 Å². The van der Waals surface area contributed by atoms with E-state index in [1.165, 1.54) is 16.7 Å². The van der Waals surface area contributed by atoms with E-state index < -0.39 is 0 Å². The molecule has 1 heterocycles. The van der Waals surface area contributed by atoms with Crippen molar-refractivity contribution in [2.45, 2.75) is 20.4 Å². The molecule has 0 radical (unpaired) electrons. The molecule has 0 bridgehead atoms. The van der Waals surface area contributed by atoms with Crippen LogP contribution in [0.4, 0.5) is 0 Å². The molecule has 3 heteroatoms. The highest BCUT2D eigenvalue weighted by molar-refractivity contribution is 6.36. The predicted molar refractivity (Wildman–Crippen MR) is 53.7 cm³/mol. The summed E-state index contributed by atoms with van der Waals surface area (Å²) in [6.07, 6.45) is 4.11. The molecule has 66 valence electrons. The van der Waals surface area contributed by atoms with Gasteiger partial charge in [0.05, 0.1) is 6.54 Å². The van der Waals surface area contributed by atoms with Crippen molar-refractivity contribution in [3.63, 3.8) is 0 Å². The van der Waals surface area contributed by atoms with E-state index in [0.29, 0.717) is 11.6 Å². The quantitative estimate of drug-likeness (QED) is 0.695. The Labute approximate surface area is 82.6 Å². The summed E-state index contributed by atoms with van der Waals surface area (Å²) in [6, 6.07) is 0. The highest BCUT2D eigenvalue weighted by Gasteiger charge is 1.98. The monoisotopic (exact) mass is 203 g/mol. The molecule has 0 amide bonds. The highest BCUT2D eigenvalue weighted by Crippen LogP contribution is 2.12. The zero-order valence-electron chi connectivity index (χ0n) is 7.14. The number of halogens is 2. The molecule has 0 unspecified atom stereocenters. The Balaban J connectivity index is 2.77. The Morgan fingerprint density at radius 2 is 1.92 bits per heavy atom. The molecule has 1 aromatic heterocycles. The Hall–Kier alpha value is -0.400. The Morgan fingerprint density at radius 3 is 2.33 bits per heavy atom. The van der Waals surface area contributed by atoms with Crippen molar-refractivity contribution in [3.05, 3.63) is 34.1 Å². The lowest BCUT2D eigenvalue weighted by Crippen LogP contribution is -1.92. The third-order valence-corrected chi connectivity index (χ3v) is 2.40. The highest BCUT2D eigenvalue weighted by atomic mass is 35.5. The molecule has 0 aliphatic rings. The molecule has 0 N–H and O–H groups in total. The van der Waals surface area contributed by atoms with Crippen LogP contribution in [0, 0.1) is 13.8 Å². The van der Waals surface area contributed by atoms with Crippen molar-refractivity contribution in [1.82, 2.24) is 4.57 Å². The summed E-state index contributed by atoms with van der Waals surface area (Å²) >= 11 is 11.2. The van der Waals surface area contributed by atoms with Gasteiger partial charge in [-0.1, -0.05) is 23.2 Å². The third kappa shape index (κ3) is 2.29. The van der Waals surface area contributed by atoms with E-state index >= 15 is 0 Å². The molecule has 0 aromatic carbocycles. The van der Waals surface area contributed by atoms with Gasteiger partial charge in [-0.2, -0.15) is 0 Å². The summed E-state index contributed by atoms with van der Waals surface area (Å²) in [5.74, 6) is 0. The van der Waals surface area contributed by atoms with E-state index in [9.17, 15) is 0 Å². The lowest BCUT2D eigenvalue weighted by Gasteiger charge is -1.98. The molecule has 0 aliphatic carbocycles. The van der Waals surface area contributed by atoms with Crippen molar-refractivity contribution >= 4 is 23.2 Å². The maximum Gasteiger partial charge on any atom is 0.0586 e. The fourth-order valence-corrected chi connectivity index (χ4v) is 1.25. The molecule has 12 heavy (non-hydrogen) atoms. The van der Waals surface area contributed by atoms with Crippen molar-refractivity contribution in [3.8, 4) is 0 Å². The van der Waals surface area contributed by atoms with Crippen LogP contribution in [0.25, 0.3) is 0 Å². The van der Waals surface area contributed by atoms with Gasteiger partial charge in [0.25, 0.3) is 0 Å². The number of hydrogen-bond donors (Lipinski definition) is 0. The summed E-state index contributed by atoms with van der Waals surface area (Å²) in [6.45, 7) is 4.80. The third-order valence-electron chi connectivity index (χ3n) is 1.79. The Morgan fingerprint density at radius 1 is 1.42 bits per heavy atom. The second kappa shape index (κ2) is 4.01. The molecule has 0 saturated heterocycles. The summed E-state index contributed by atoms with van der Waals surface area (Å²) in [7, 11) is 0. The van der Waals surface area contributed by atoms with Crippen LogP contribution in [0.1, 0.15) is 11.1 Å². The number of nitrogens with zero attached hydrogens (tertiary/aromatic N) is 1. The second-order valence-corrected chi connectivity index (χ2v) is 3.56. The van der Waals surface area contributed by atoms with Gasteiger partial charge < -0.3 is 4.57 Å². The SMILES string of the molecule is Cc1cn(C/C(Cl)=C/Cl)cc1C. The van der Waals surface area contributed by atoms with E-state index in [1.54, 1.807) is 0 Å². The van der Waals surface area contributed by atoms with Crippen LogP contribution < -0.4 is 0 Å². The molecule has 1 rings (SSSR count). The molecule has 0 fully saturated rings. The minimum atomic E-state index is 0.645. The van der Waals surface area contributed by atoms with E-state index in [4.69, 9.17) is 23.2 Å². The van der Waals surface area contributed by atoms with E-state index in [0.717, 1.165) is 0 Å². The summed E-state index contributed by atoms with van der Waals surface area (Å²) < 4.78 is 2.02. The first-order chi connectivity index (χ1) is 5.63. The smallest absolute Gasteiger partial charge is 0.0586 e. The van der Waals surface area contributed by atoms with Crippen molar-refractivity contribution < 1.29 is 0 Å². The van der Waals surface area contributed by atoms with E-state index in [2.05, 4.69) is 26.2 Å². The van der Waals surface area contributed by atoms with Crippen LogP contribution in [-0.2, 0) is 6.54 Å². The van der Waals surface area contributed by atoms with Crippen LogP contribution in [0.15, 0.2) is 23.0 Å². The lowest BCUT2D eigenvalue weighted by molar-refractivity contribution is 0.816. The number of aromatic nitrogens is 1. The average Bonchev–Trinajstić information content (AvgIpc) is 2.31. The van der Waals surface area contributed by atoms with Gasteiger partial charge in [-0.3, -0.25) is 0 Å². The largest absolute Gasteiger partial charge is 0.348 e. The molecule has 1 aromatic rings. The minimum Gasteiger partial charge on any atom is -0.348 e. The standard InChI is InChI=1S/C9H11Cl2N/c1-7-4-12(5-8(7)2)6-9(11)3-10/h3-5H,6H2,1-2H3/b9-3-. The fourth-order valence-electron chi connectivity index (χ4n) is 1.04. The van der Waals surface area contributed by atoms with Crippen LogP contribution in [-0.4, -0.2) is 4.57 Å². The molecular formula is C9H11Cl2N. The van der Waals surface area contributed by atoms with Gasteiger partial charge in [0.15, 0.2) is 0 Å². The zero-order valence-corrected chi connectivity index (χ0v) is 8.65. The van der Waals surface area contributed by atoms with Gasteiger partial charge in [0.1, 0.15) is 0 Å². The van der Waals surface area contributed by atoms with Crippen LogP contribution >= 0.6 is 23.2 Å². The molecule has 0 spiro atoms. The van der Waals surface area contributed by atoms with Gasteiger partial charge in [-0.05, 0) is 25.0 Å². The number of allylic oxidation sites excluding steroid dienone is 1. The number of aryl methyl sites for hydroxylation is 2. The Bertz CT molecular complexity index is 280. The summed E-state index contributed by atoms with van der Waals surface area (Å²) in [4.78, 5) is 0. The first kappa shape index (κ1) is 9.69. The molecule has 0 aliphatic heterocycles. The molecular weight excluding hydrogens is 193 g/mol. The van der Waals surface area contributed by atoms with Crippen LogP contribution in [0.3, 0.4) is 0 Å². The van der Waals surface area contributed by atoms with Crippen LogP contribution in [0.5, 0.6) is 0 Å². The number of rotatable bonds is 2. The van der Waals surface area contributed by atoms with Gasteiger partial charge in [-0.25, -0.2) is 0 Å². The zero-order chi connectivity index (χ0) is 9.14. The predicted octanol–water partition coefficient (Wildman–Crippen LogP) is 3.42. The maximum absolute atomic E-state index is 5.77. The van der Waals surface area contributed by atoms with E-state index in [1.807, 2.05) is 4.57 Å². The number of hydrogen-bond acceptors (Lipinski definition) is 0. The van der Waals surface area contributed by atoms with Gasteiger partial charge in [-0.15, -0.1) is 0 Å². The first-order valence-electron chi connectivity index (χ1n) is 3.71. The Kier molecular flexibility index (Phi) is 3.24. The normalized spacial score (nSPS) is 12.2. The second-order valence-electron chi connectivity index (χ2n) is 2.85. The van der Waals surface area contributed by atoms with E-state index in [-0.39, 0.29) is 0 Å². The summed E-state index contributed by atoms with van der Waals surface area (Å²) in [5.41, 5.74) is 3.94. The fraction of sp³-hybridized carbons (Fsp3) is 0.333. The lowest BCUT2D eigenvalue weighted by atomic mass is 10.2.